The van der Waals surface area contributed by atoms with Gasteiger partial charge in [-0.05, 0) is 55.7 Å². The predicted octanol–water partition coefficient (Wildman–Crippen LogP) is 2.82. The molecule has 2 fully saturated rings. The van der Waals surface area contributed by atoms with Gasteiger partial charge in [0.1, 0.15) is 5.75 Å². The smallest absolute Gasteiger partial charge is 0.257 e. The Morgan fingerprint density at radius 1 is 1.20 bits per heavy atom. The summed E-state index contributed by atoms with van der Waals surface area (Å²) in [5.41, 5.74) is 1.46. The molecule has 0 radical (unpaired) electrons. The predicted molar refractivity (Wildman–Crippen MR) is 96.5 cm³/mol. The zero-order valence-corrected chi connectivity index (χ0v) is 15.0. The van der Waals surface area contributed by atoms with Crippen LogP contribution >= 0.6 is 0 Å². The van der Waals surface area contributed by atoms with E-state index in [-0.39, 0.29) is 17.6 Å². The molecule has 2 heterocycles. The fourth-order valence-electron chi connectivity index (χ4n) is 3.83. The van der Waals surface area contributed by atoms with Crippen molar-refractivity contribution in [3.63, 3.8) is 0 Å². The summed E-state index contributed by atoms with van der Waals surface area (Å²) in [6, 6.07) is 5.27. The summed E-state index contributed by atoms with van der Waals surface area (Å²) in [5, 5.41) is 10.0. The highest BCUT2D eigenvalue weighted by molar-refractivity contribution is 5.97. The van der Waals surface area contributed by atoms with Crippen molar-refractivity contribution in [1.29, 1.82) is 0 Å². The molecule has 1 aromatic rings. The first kappa shape index (κ1) is 17.8. The summed E-state index contributed by atoms with van der Waals surface area (Å²) in [7, 11) is 0. The maximum absolute atomic E-state index is 12.7. The Balaban J connectivity index is 1.56. The van der Waals surface area contributed by atoms with Gasteiger partial charge in [-0.2, -0.15) is 0 Å². The maximum Gasteiger partial charge on any atom is 0.257 e. The molecule has 2 saturated heterocycles. The van der Waals surface area contributed by atoms with Crippen molar-refractivity contribution in [1.82, 2.24) is 9.80 Å². The Labute approximate surface area is 149 Å². The minimum absolute atomic E-state index is 0.0586. The van der Waals surface area contributed by atoms with E-state index in [4.69, 9.17) is 0 Å². The number of amides is 2. The minimum atomic E-state index is -0.0831. The van der Waals surface area contributed by atoms with E-state index in [0.29, 0.717) is 31.0 Å². The molecule has 25 heavy (non-hydrogen) atoms. The number of hydrogen-bond acceptors (Lipinski definition) is 3. The van der Waals surface area contributed by atoms with E-state index in [0.717, 1.165) is 50.8 Å². The van der Waals surface area contributed by atoms with Crippen molar-refractivity contribution in [3.05, 3.63) is 29.3 Å². The molecule has 0 saturated carbocycles. The van der Waals surface area contributed by atoms with Gasteiger partial charge >= 0.3 is 0 Å². The summed E-state index contributed by atoms with van der Waals surface area (Å²) < 4.78 is 0. The van der Waals surface area contributed by atoms with Crippen LogP contribution in [0.2, 0.25) is 0 Å². The average molecular weight is 344 g/mol. The number of benzene rings is 1. The third kappa shape index (κ3) is 4.14. The number of aryl methyl sites for hydroxylation is 1. The summed E-state index contributed by atoms with van der Waals surface area (Å²) in [4.78, 5) is 28.5. The van der Waals surface area contributed by atoms with Crippen LogP contribution in [0.5, 0.6) is 5.75 Å². The van der Waals surface area contributed by atoms with Gasteiger partial charge < -0.3 is 14.9 Å². The second-order valence-electron chi connectivity index (χ2n) is 7.24. The molecule has 136 valence electrons. The van der Waals surface area contributed by atoms with Crippen LogP contribution < -0.4 is 0 Å². The molecule has 0 bridgehead atoms. The Kier molecular flexibility index (Phi) is 5.61. The molecule has 0 spiro atoms. The number of rotatable bonds is 4. The van der Waals surface area contributed by atoms with E-state index in [2.05, 4.69) is 0 Å². The lowest BCUT2D eigenvalue weighted by molar-refractivity contribution is -0.134. The van der Waals surface area contributed by atoms with Crippen LogP contribution in [0.4, 0.5) is 0 Å². The topological polar surface area (TPSA) is 60.9 Å². The first-order valence-corrected chi connectivity index (χ1v) is 9.47. The quantitative estimate of drug-likeness (QED) is 0.914. The molecule has 1 aromatic carbocycles. The largest absolute Gasteiger partial charge is 0.507 e. The van der Waals surface area contributed by atoms with Crippen molar-refractivity contribution >= 4 is 11.8 Å². The normalized spacial score (nSPS) is 19.3. The monoisotopic (exact) mass is 344 g/mol. The zero-order chi connectivity index (χ0) is 17.8. The molecule has 5 nitrogen and oxygen atoms in total. The standard InChI is InChI=1S/C20H28N2O3/c1-2-15-6-7-18(23)17(13-15)20(25)21-11-8-16(9-12-21)14-22-10-4-3-5-19(22)24/h6-7,13,16,23H,2-5,8-12,14H2,1H3. The first-order chi connectivity index (χ1) is 12.1. The summed E-state index contributed by atoms with van der Waals surface area (Å²) in [6.07, 6.45) is 5.49. The molecule has 1 N–H and O–H groups in total. The Hall–Kier alpha value is -2.04. The van der Waals surface area contributed by atoms with Crippen molar-refractivity contribution < 1.29 is 14.7 Å². The molecule has 2 amide bonds. The lowest BCUT2D eigenvalue weighted by atomic mass is 9.94. The van der Waals surface area contributed by atoms with Crippen molar-refractivity contribution in [2.24, 2.45) is 5.92 Å². The number of carbonyl (C=O) groups excluding carboxylic acids is 2. The minimum Gasteiger partial charge on any atom is -0.507 e. The van der Waals surface area contributed by atoms with Gasteiger partial charge in [0.15, 0.2) is 0 Å². The Bertz CT molecular complexity index is 636. The number of piperidine rings is 2. The number of phenolic OH excluding ortho intramolecular Hbond substituents is 1. The third-order valence-electron chi connectivity index (χ3n) is 5.50. The molecular formula is C20H28N2O3. The van der Waals surface area contributed by atoms with E-state index < -0.39 is 0 Å². The van der Waals surface area contributed by atoms with Gasteiger partial charge in [0.05, 0.1) is 5.56 Å². The van der Waals surface area contributed by atoms with Crippen LogP contribution in [-0.2, 0) is 11.2 Å². The molecule has 2 aliphatic heterocycles. The summed E-state index contributed by atoms with van der Waals surface area (Å²) in [6.45, 7) is 5.14. The number of phenols is 1. The summed E-state index contributed by atoms with van der Waals surface area (Å²) >= 11 is 0. The SMILES string of the molecule is CCc1ccc(O)c(C(=O)N2CCC(CN3CCCCC3=O)CC2)c1. The van der Waals surface area contributed by atoms with Crippen LogP contribution in [-0.4, -0.2) is 52.9 Å². The molecule has 0 aliphatic carbocycles. The van der Waals surface area contributed by atoms with E-state index in [9.17, 15) is 14.7 Å². The second kappa shape index (κ2) is 7.89. The molecule has 0 unspecified atom stereocenters. The van der Waals surface area contributed by atoms with E-state index in [1.54, 1.807) is 12.1 Å². The van der Waals surface area contributed by atoms with Crippen LogP contribution in [0, 0.1) is 5.92 Å². The third-order valence-corrected chi connectivity index (χ3v) is 5.50. The van der Waals surface area contributed by atoms with Gasteiger partial charge in [-0.3, -0.25) is 9.59 Å². The van der Waals surface area contributed by atoms with E-state index in [1.165, 1.54) is 0 Å². The zero-order valence-electron chi connectivity index (χ0n) is 15.0. The van der Waals surface area contributed by atoms with Crippen molar-refractivity contribution in [3.8, 4) is 5.75 Å². The number of carbonyl (C=O) groups is 2. The Morgan fingerprint density at radius 3 is 2.64 bits per heavy atom. The average Bonchev–Trinajstić information content (AvgIpc) is 2.64. The number of nitrogens with zero attached hydrogens (tertiary/aromatic N) is 2. The van der Waals surface area contributed by atoms with Crippen LogP contribution in [0.1, 0.15) is 54.9 Å². The highest BCUT2D eigenvalue weighted by Crippen LogP contribution is 2.25. The van der Waals surface area contributed by atoms with Gasteiger partial charge in [-0.15, -0.1) is 0 Å². The number of aromatic hydroxyl groups is 1. The van der Waals surface area contributed by atoms with Gasteiger partial charge in [-0.1, -0.05) is 13.0 Å². The fourth-order valence-corrected chi connectivity index (χ4v) is 3.83. The van der Waals surface area contributed by atoms with Gasteiger partial charge in [0.2, 0.25) is 5.91 Å². The maximum atomic E-state index is 12.7. The summed E-state index contributed by atoms with van der Waals surface area (Å²) in [5.74, 6) is 0.733. The Morgan fingerprint density at radius 2 is 1.96 bits per heavy atom. The van der Waals surface area contributed by atoms with Crippen molar-refractivity contribution in [2.45, 2.75) is 45.4 Å². The van der Waals surface area contributed by atoms with Gasteiger partial charge in [-0.25, -0.2) is 0 Å². The van der Waals surface area contributed by atoms with Crippen LogP contribution in [0.15, 0.2) is 18.2 Å². The van der Waals surface area contributed by atoms with Gasteiger partial charge in [0.25, 0.3) is 5.91 Å². The van der Waals surface area contributed by atoms with Gasteiger partial charge in [0, 0.05) is 32.6 Å². The molecule has 5 heteroatoms. The first-order valence-electron chi connectivity index (χ1n) is 9.47. The van der Waals surface area contributed by atoms with Crippen LogP contribution in [0.3, 0.4) is 0 Å². The second-order valence-corrected chi connectivity index (χ2v) is 7.24. The van der Waals surface area contributed by atoms with E-state index in [1.807, 2.05) is 22.8 Å². The lowest BCUT2D eigenvalue weighted by Crippen LogP contribution is -2.44. The molecule has 0 aromatic heterocycles. The van der Waals surface area contributed by atoms with E-state index >= 15 is 0 Å². The fraction of sp³-hybridized carbons (Fsp3) is 0.600. The highest BCUT2D eigenvalue weighted by atomic mass is 16.3. The van der Waals surface area contributed by atoms with Crippen molar-refractivity contribution in [2.75, 3.05) is 26.2 Å². The molecule has 0 atom stereocenters. The highest BCUT2D eigenvalue weighted by Gasteiger charge is 2.28. The number of hydrogen-bond donors (Lipinski definition) is 1. The molecule has 3 rings (SSSR count). The number of likely N-dealkylation sites (tertiary alicyclic amines) is 2. The van der Waals surface area contributed by atoms with Crippen LogP contribution in [0.25, 0.3) is 0 Å². The molecule has 2 aliphatic rings. The molecular weight excluding hydrogens is 316 g/mol. The lowest BCUT2D eigenvalue weighted by Gasteiger charge is -2.36.